The summed E-state index contributed by atoms with van der Waals surface area (Å²) in [4.78, 5) is 10.3. The van der Waals surface area contributed by atoms with E-state index < -0.39 is 28.8 Å². The highest BCUT2D eigenvalue weighted by atomic mass is 19.2. The van der Waals surface area contributed by atoms with E-state index >= 15 is 0 Å². The number of rotatable bonds is 4. The van der Waals surface area contributed by atoms with Gasteiger partial charge >= 0.3 is 0 Å². The Morgan fingerprint density at radius 3 is 2.00 bits per heavy atom. The molecule has 2 nitrogen and oxygen atoms in total. The Balaban J connectivity index is 2.46. The van der Waals surface area contributed by atoms with Crippen LogP contribution in [0.4, 0.5) is 17.6 Å². The quantitative estimate of drug-likeness (QED) is 0.520. The van der Waals surface area contributed by atoms with E-state index in [4.69, 9.17) is 0 Å². The highest BCUT2D eigenvalue weighted by Gasteiger charge is 2.20. The Hall–Kier alpha value is -2.37. The molecule has 0 aliphatic rings. The number of amides is 1. The van der Waals surface area contributed by atoms with Gasteiger partial charge in [0.15, 0.2) is 23.3 Å². The number of hydrogen-bond donors (Lipinski definition) is 1. The molecule has 6 heteroatoms. The van der Waals surface area contributed by atoms with Gasteiger partial charge in [0.05, 0.1) is 11.6 Å². The van der Waals surface area contributed by atoms with E-state index in [1.807, 2.05) is 0 Å². The second-order valence-corrected chi connectivity index (χ2v) is 4.47. The zero-order valence-corrected chi connectivity index (χ0v) is 11.0. The predicted molar refractivity (Wildman–Crippen MR) is 69.3 cm³/mol. The maximum Gasteiger partial charge on any atom is 0.207 e. The van der Waals surface area contributed by atoms with E-state index in [9.17, 15) is 22.4 Å². The summed E-state index contributed by atoms with van der Waals surface area (Å²) in [5, 5.41) is 2.51. The lowest BCUT2D eigenvalue weighted by atomic mass is 10.00. The normalized spacial score (nSPS) is 12.0. The minimum Gasteiger partial charge on any atom is -0.352 e. The summed E-state index contributed by atoms with van der Waals surface area (Å²) in [6.07, 6.45) is 0.528. The second kappa shape index (κ2) is 5.95. The molecule has 1 amide bonds. The van der Waals surface area contributed by atoms with Crippen molar-refractivity contribution in [3.05, 3.63) is 59.2 Å². The monoisotopic (exact) mass is 297 g/mol. The van der Waals surface area contributed by atoms with Gasteiger partial charge in [-0.25, -0.2) is 17.6 Å². The van der Waals surface area contributed by atoms with Gasteiger partial charge in [-0.1, -0.05) is 24.3 Å². The average Bonchev–Trinajstić information content (AvgIpc) is 2.46. The summed E-state index contributed by atoms with van der Waals surface area (Å²) in [6.45, 7) is 1.71. The maximum absolute atomic E-state index is 13.7. The molecule has 2 aromatic carbocycles. The number of carbonyl (C=O) groups is 1. The van der Waals surface area contributed by atoms with Crippen LogP contribution in [-0.2, 0) is 4.79 Å². The van der Waals surface area contributed by atoms with Crippen molar-refractivity contribution >= 4 is 6.41 Å². The van der Waals surface area contributed by atoms with Crippen molar-refractivity contribution in [3.63, 3.8) is 0 Å². The van der Waals surface area contributed by atoms with Crippen LogP contribution in [0, 0.1) is 23.3 Å². The molecule has 0 fully saturated rings. The molecule has 0 heterocycles. The van der Waals surface area contributed by atoms with E-state index in [-0.39, 0.29) is 17.7 Å². The van der Waals surface area contributed by atoms with Gasteiger partial charge in [0.2, 0.25) is 6.41 Å². The van der Waals surface area contributed by atoms with E-state index in [1.165, 1.54) is 24.3 Å². The molecule has 1 unspecified atom stereocenters. The van der Waals surface area contributed by atoms with Crippen molar-refractivity contribution < 1.29 is 22.4 Å². The Bertz CT molecular complexity index is 644. The first-order chi connectivity index (χ1) is 9.95. The molecular weight excluding hydrogens is 286 g/mol. The number of nitrogens with one attached hydrogen (secondary N) is 1. The van der Waals surface area contributed by atoms with Crippen LogP contribution in [0.15, 0.2) is 30.3 Å². The maximum atomic E-state index is 13.7. The number of carbonyl (C=O) groups excluding carboxylic acids is 1. The van der Waals surface area contributed by atoms with Crippen LogP contribution in [0.2, 0.25) is 0 Å². The molecule has 0 saturated carbocycles. The molecule has 2 aromatic rings. The third-order valence-electron chi connectivity index (χ3n) is 3.13. The van der Waals surface area contributed by atoms with Crippen LogP contribution in [0.25, 0.3) is 11.1 Å². The van der Waals surface area contributed by atoms with Gasteiger partial charge in [-0.15, -0.1) is 0 Å². The Morgan fingerprint density at radius 2 is 1.52 bits per heavy atom. The molecule has 1 N–H and O–H groups in total. The van der Waals surface area contributed by atoms with Crippen molar-refractivity contribution in [2.45, 2.75) is 13.0 Å². The van der Waals surface area contributed by atoms with Crippen molar-refractivity contribution in [2.24, 2.45) is 0 Å². The average molecular weight is 297 g/mol. The predicted octanol–water partition coefficient (Wildman–Crippen LogP) is 3.72. The van der Waals surface area contributed by atoms with E-state index in [0.717, 1.165) is 0 Å². The van der Waals surface area contributed by atoms with Crippen molar-refractivity contribution in [1.82, 2.24) is 5.32 Å². The Labute approximate surface area is 118 Å². The largest absolute Gasteiger partial charge is 0.352 e. The summed E-state index contributed by atoms with van der Waals surface area (Å²) in [5.74, 6) is -5.80. The van der Waals surface area contributed by atoms with Gasteiger partial charge in [0.1, 0.15) is 0 Å². The highest BCUT2D eigenvalue weighted by molar-refractivity contribution is 5.65. The molecule has 2 rings (SSSR count). The second-order valence-electron chi connectivity index (χ2n) is 4.47. The fourth-order valence-corrected chi connectivity index (χ4v) is 1.96. The molecule has 0 spiro atoms. The lowest BCUT2D eigenvalue weighted by Gasteiger charge is -2.12. The molecule has 0 saturated heterocycles. The van der Waals surface area contributed by atoms with Crippen LogP contribution < -0.4 is 5.32 Å². The van der Waals surface area contributed by atoms with Crippen molar-refractivity contribution in [3.8, 4) is 11.1 Å². The van der Waals surface area contributed by atoms with Crippen LogP contribution >= 0.6 is 0 Å². The minimum atomic E-state index is -1.45. The van der Waals surface area contributed by atoms with E-state index in [2.05, 4.69) is 5.32 Å². The molecule has 0 aromatic heterocycles. The molecule has 21 heavy (non-hydrogen) atoms. The molecule has 0 aliphatic carbocycles. The summed E-state index contributed by atoms with van der Waals surface area (Å²) in [7, 11) is 0. The van der Waals surface area contributed by atoms with Crippen LogP contribution in [0.3, 0.4) is 0 Å². The first kappa shape index (κ1) is 15.0. The molecule has 110 valence electrons. The van der Waals surface area contributed by atoms with Crippen molar-refractivity contribution in [2.75, 3.05) is 0 Å². The molecular formula is C15H11F4NO. The topological polar surface area (TPSA) is 29.1 Å². The lowest BCUT2D eigenvalue weighted by molar-refractivity contribution is -0.110. The molecule has 1 atom stereocenters. The zero-order chi connectivity index (χ0) is 15.6. The third-order valence-corrected chi connectivity index (χ3v) is 3.13. The van der Waals surface area contributed by atoms with E-state index in [0.29, 0.717) is 12.0 Å². The number of benzene rings is 2. The SMILES string of the molecule is CC(NC=O)c1ccc(-c2c(F)c(F)cc(F)c2F)cc1. The summed E-state index contributed by atoms with van der Waals surface area (Å²) in [6, 6.07) is 5.56. The third kappa shape index (κ3) is 2.89. The molecule has 0 aliphatic heterocycles. The van der Waals surface area contributed by atoms with Gasteiger partial charge in [0, 0.05) is 6.07 Å². The number of hydrogen-bond acceptors (Lipinski definition) is 1. The van der Waals surface area contributed by atoms with Gasteiger partial charge in [-0.05, 0) is 18.1 Å². The van der Waals surface area contributed by atoms with Gasteiger partial charge < -0.3 is 5.32 Å². The van der Waals surface area contributed by atoms with Crippen molar-refractivity contribution in [1.29, 1.82) is 0 Å². The smallest absolute Gasteiger partial charge is 0.207 e. The van der Waals surface area contributed by atoms with Crippen LogP contribution in [0.5, 0.6) is 0 Å². The van der Waals surface area contributed by atoms with Gasteiger partial charge in [-0.2, -0.15) is 0 Å². The summed E-state index contributed by atoms with van der Waals surface area (Å²) >= 11 is 0. The molecule has 0 bridgehead atoms. The first-order valence-electron chi connectivity index (χ1n) is 6.08. The van der Waals surface area contributed by atoms with Crippen LogP contribution in [0.1, 0.15) is 18.5 Å². The van der Waals surface area contributed by atoms with Gasteiger partial charge in [0.25, 0.3) is 0 Å². The Morgan fingerprint density at radius 1 is 1.00 bits per heavy atom. The zero-order valence-electron chi connectivity index (χ0n) is 11.0. The molecule has 0 radical (unpaired) electrons. The fourth-order valence-electron chi connectivity index (χ4n) is 1.96. The van der Waals surface area contributed by atoms with Gasteiger partial charge in [-0.3, -0.25) is 4.79 Å². The van der Waals surface area contributed by atoms with E-state index in [1.54, 1.807) is 6.92 Å². The lowest BCUT2D eigenvalue weighted by Crippen LogP contribution is -2.15. The Kier molecular flexibility index (Phi) is 4.26. The highest BCUT2D eigenvalue weighted by Crippen LogP contribution is 2.30. The standard InChI is InChI=1S/C15H11F4NO/c1-8(20-7-21)9-2-4-10(5-3-9)13-14(18)11(16)6-12(17)15(13)19/h2-8H,1H3,(H,20,21). The number of halogens is 4. The summed E-state index contributed by atoms with van der Waals surface area (Å²) < 4.78 is 53.7. The van der Waals surface area contributed by atoms with Crippen LogP contribution in [-0.4, -0.2) is 6.41 Å². The minimum absolute atomic E-state index is 0.00505. The first-order valence-corrected chi connectivity index (χ1v) is 6.08. The fraction of sp³-hybridized carbons (Fsp3) is 0.133. The summed E-state index contributed by atoms with van der Waals surface area (Å²) in [5.41, 5.74) is -0.0657.